The van der Waals surface area contributed by atoms with Crippen LogP contribution >= 0.6 is 11.6 Å². The zero-order chi connectivity index (χ0) is 11.5. The molecule has 2 rings (SSSR count). The van der Waals surface area contributed by atoms with Gasteiger partial charge in [0.25, 0.3) is 0 Å². The molecule has 1 aliphatic carbocycles. The number of halogens is 1. The number of phenols is 1. The number of aromatic hydroxyl groups is 1. The van der Waals surface area contributed by atoms with Crippen molar-refractivity contribution in [2.45, 2.75) is 39.0 Å². The number of benzene rings is 1. The van der Waals surface area contributed by atoms with Gasteiger partial charge in [-0.25, -0.2) is 0 Å². The first kappa shape index (κ1) is 11.5. The zero-order valence-electron chi connectivity index (χ0n) is 9.59. The second kappa shape index (κ2) is 4.92. The molecule has 0 radical (unpaired) electrons. The van der Waals surface area contributed by atoms with Gasteiger partial charge in [0.15, 0.2) is 0 Å². The highest BCUT2D eigenvalue weighted by Gasteiger charge is 2.13. The molecule has 1 aromatic carbocycles. The van der Waals surface area contributed by atoms with Crippen molar-refractivity contribution in [3.63, 3.8) is 0 Å². The van der Waals surface area contributed by atoms with Crippen molar-refractivity contribution in [3.05, 3.63) is 39.9 Å². The molecule has 0 unspecified atom stereocenters. The SMILES string of the molecule is Cc1ccc(O)c(CC2=C(Cl)CCCC2)c1. The van der Waals surface area contributed by atoms with Gasteiger partial charge in [-0.3, -0.25) is 0 Å². The Balaban J connectivity index is 2.23. The van der Waals surface area contributed by atoms with Crippen molar-refractivity contribution in [1.29, 1.82) is 0 Å². The fourth-order valence-electron chi connectivity index (χ4n) is 2.20. The van der Waals surface area contributed by atoms with Gasteiger partial charge < -0.3 is 5.11 Å². The lowest BCUT2D eigenvalue weighted by atomic mass is 9.93. The van der Waals surface area contributed by atoms with E-state index in [1.165, 1.54) is 24.0 Å². The molecule has 0 spiro atoms. The van der Waals surface area contributed by atoms with Gasteiger partial charge in [-0.1, -0.05) is 34.9 Å². The van der Waals surface area contributed by atoms with E-state index in [1.54, 1.807) is 6.07 Å². The molecular formula is C14H17ClO. The van der Waals surface area contributed by atoms with Gasteiger partial charge in [-0.2, -0.15) is 0 Å². The molecule has 0 heterocycles. The van der Waals surface area contributed by atoms with Crippen LogP contribution in [0.2, 0.25) is 0 Å². The third-order valence-electron chi connectivity index (χ3n) is 3.15. The minimum absolute atomic E-state index is 0.383. The van der Waals surface area contributed by atoms with Crippen LogP contribution in [0.3, 0.4) is 0 Å². The summed E-state index contributed by atoms with van der Waals surface area (Å²) >= 11 is 6.22. The molecule has 0 saturated heterocycles. The third-order valence-corrected chi connectivity index (χ3v) is 3.60. The second-order valence-corrected chi connectivity index (χ2v) is 4.98. The monoisotopic (exact) mass is 236 g/mol. The van der Waals surface area contributed by atoms with E-state index in [1.807, 2.05) is 19.1 Å². The lowest BCUT2D eigenvalue weighted by Crippen LogP contribution is -2.00. The van der Waals surface area contributed by atoms with Crippen LogP contribution in [0, 0.1) is 6.92 Å². The van der Waals surface area contributed by atoms with E-state index >= 15 is 0 Å². The van der Waals surface area contributed by atoms with Crippen molar-refractivity contribution in [2.24, 2.45) is 0 Å². The van der Waals surface area contributed by atoms with Crippen LogP contribution in [0.15, 0.2) is 28.8 Å². The van der Waals surface area contributed by atoms with E-state index < -0.39 is 0 Å². The molecule has 0 amide bonds. The van der Waals surface area contributed by atoms with E-state index in [0.29, 0.717) is 5.75 Å². The van der Waals surface area contributed by atoms with Crippen LogP contribution in [0.25, 0.3) is 0 Å². The van der Waals surface area contributed by atoms with Crippen LogP contribution in [0.4, 0.5) is 0 Å². The molecule has 0 saturated carbocycles. The number of aryl methyl sites for hydroxylation is 1. The molecule has 1 aromatic rings. The molecule has 1 aliphatic rings. The second-order valence-electron chi connectivity index (χ2n) is 4.52. The maximum absolute atomic E-state index is 9.79. The Bertz CT molecular complexity index is 421. The highest BCUT2D eigenvalue weighted by molar-refractivity contribution is 6.30. The summed E-state index contributed by atoms with van der Waals surface area (Å²) in [5.41, 5.74) is 3.48. The molecule has 0 aromatic heterocycles. The fraction of sp³-hybridized carbons (Fsp3) is 0.429. The number of hydrogen-bond acceptors (Lipinski definition) is 1. The molecule has 0 aliphatic heterocycles. The van der Waals surface area contributed by atoms with Crippen LogP contribution in [0.5, 0.6) is 5.75 Å². The quantitative estimate of drug-likeness (QED) is 0.811. The smallest absolute Gasteiger partial charge is 0.119 e. The van der Waals surface area contributed by atoms with Crippen molar-refractivity contribution in [3.8, 4) is 5.75 Å². The molecular weight excluding hydrogens is 220 g/mol. The Morgan fingerprint density at radius 2 is 2.00 bits per heavy atom. The number of hydrogen-bond donors (Lipinski definition) is 1. The number of allylic oxidation sites excluding steroid dienone is 2. The lowest BCUT2D eigenvalue weighted by Gasteiger charge is -2.16. The summed E-state index contributed by atoms with van der Waals surface area (Å²) in [4.78, 5) is 0. The summed E-state index contributed by atoms with van der Waals surface area (Å²) in [6.45, 7) is 2.04. The predicted octanol–water partition coefficient (Wildman–Crippen LogP) is 4.31. The van der Waals surface area contributed by atoms with E-state index in [2.05, 4.69) is 0 Å². The Labute approximate surface area is 102 Å². The molecule has 86 valence electrons. The van der Waals surface area contributed by atoms with Crippen molar-refractivity contribution >= 4 is 11.6 Å². The van der Waals surface area contributed by atoms with Crippen LogP contribution < -0.4 is 0 Å². The summed E-state index contributed by atoms with van der Waals surface area (Å²) in [7, 11) is 0. The fourth-order valence-corrected chi connectivity index (χ4v) is 2.50. The Morgan fingerprint density at radius 3 is 2.75 bits per heavy atom. The third kappa shape index (κ3) is 2.59. The summed E-state index contributed by atoms with van der Waals surface area (Å²) in [6.07, 6.45) is 5.29. The van der Waals surface area contributed by atoms with Crippen molar-refractivity contribution < 1.29 is 5.11 Å². The molecule has 1 N–H and O–H groups in total. The highest BCUT2D eigenvalue weighted by Crippen LogP contribution is 2.31. The largest absolute Gasteiger partial charge is 0.508 e. The van der Waals surface area contributed by atoms with Gasteiger partial charge in [-0.15, -0.1) is 0 Å². The molecule has 0 atom stereocenters. The van der Waals surface area contributed by atoms with Crippen molar-refractivity contribution in [1.82, 2.24) is 0 Å². The average Bonchev–Trinajstić information content (AvgIpc) is 2.27. The summed E-state index contributed by atoms with van der Waals surface area (Å²) in [6, 6.07) is 5.73. The normalized spacial score (nSPS) is 16.6. The summed E-state index contributed by atoms with van der Waals surface area (Å²) in [5.74, 6) is 0.383. The first-order valence-corrected chi connectivity index (χ1v) is 6.19. The molecule has 0 bridgehead atoms. The van der Waals surface area contributed by atoms with E-state index in [0.717, 1.165) is 29.9 Å². The van der Waals surface area contributed by atoms with Crippen LogP contribution in [-0.2, 0) is 6.42 Å². The minimum atomic E-state index is 0.383. The standard InChI is InChI=1S/C14H17ClO/c1-10-6-7-14(16)12(8-10)9-11-4-2-3-5-13(11)15/h6-8,16H,2-5,9H2,1H3. The highest BCUT2D eigenvalue weighted by atomic mass is 35.5. The van der Waals surface area contributed by atoms with Gasteiger partial charge in [-0.05, 0) is 50.7 Å². The Kier molecular flexibility index (Phi) is 3.55. The first-order valence-electron chi connectivity index (χ1n) is 5.81. The average molecular weight is 237 g/mol. The van der Waals surface area contributed by atoms with E-state index in [9.17, 15) is 5.11 Å². The predicted molar refractivity (Wildman–Crippen MR) is 67.9 cm³/mol. The maximum Gasteiger partial charge on any atom is 0.119 e. The van der Waals surface area contributed by atoms with Gasteiger partial charge in [0.1, 0.15) is 5.75 Å². The molecule has 0 fully saturated rings. The van der Waals surface area contributed by atoms with Crippen LogP contribution in [-0.4, -0.2) is 5.11 Å². The lowest BCUT2D eigenvalue weighted by molar-refractivity contribution is 0.468. The minimum Gasteiger partial charge on any atom is -0.508 e. The summed E-state index contributed by atoms with van der Waals surface area (Å²) < 4.78 is 0. The topological polar surface area (TPSA) is 20.2 Å². The first-order chi connectivity index (χ1) is 7.66. The van der Waals surface area contributed by atoms with Gasteiger partial charge in [0.05, 0.1) is 0 Å². The van der Waals surface area contributed by atoms with Gasteiger partial charge in [0, 0.05) is 5.03 Å². The number of rotatable bonds is 2. The molecule has 1 nitrogen and oxygen atoms in total. The van der Waals surface area contributed by atoms with Crippen LogP contribution in [0.1, 0.15) is 36.8 Å². The number of phenolic OH excluding ortho intramolecular Hbond substituents is 1. The van der Waals surface area contributed by atoms with E-state index in [-0.39, 0.29) is 0 Å². The Hall–Kier alpha value is -0.950. The maximum atomic E-state index is 9.79. The molecule has 16 heavy (non-hydrogen) atoms. The van der Waals surface area contributed by atoms with E-state index in [4.69, 9.17) is 11.6 Å². The Morgan fingerprint density at radius 1 is 1.25 bits per heavy atom. The van der Waals surface area contributed by atoms with Crippen molar-refractivity contribution in [2.75, 3.05) is 0 Å². The zero-order valence-corrected chi connectivity index (χ0v) is 10.3. The molecule has 2 heteroatoms. The van der Waals surface area contributed by atoms with Gasteiger partial charge >= 0.3 is 0 Å². The van der Waals surface area contributed by atoms with Gasteiger partial charge in [0.2, 0.25) is 0 Å². The summed E-state index contributed by atoms with van der Waals surface area (Å²) in [5, 5.41) is 10.8.